The van der Waals surface area contributed by atoms with Crippen LogP contribution in [0.5, 0.6) is 0 Å². The lowest BCUT2D eigenvalue weighted by Crippen LogP contribution is -2.46. The second kappa shape index (κ2) is 11.7. The Morgan fingerprint density at radius 2 is 1.88 bits per heavy atom. The normalized spacial score (nSPS) is 18.4. The molecule has 4 aromatic rings. The Morgan fingerprint density at radius 3 is 2.70 bits per heavy atom. The third-order valence-corrected chi connectivity index (χ3v) is 8.20. The van der Waals surface area contributed by atoms with Gasteiger partial charge in [0.15, 0.2) is 0 Å². The first-order chi connectivity index (χ1) is 19.5. The van der Waals surface area contributed by atoms with Gasteiger partial charge in [0.2, 0.25) is 5.95 Å². The van der Waals surface area contributed by atoms with Gasteiger partial charge in [-0.1, -0.05) is 18.2 Å². The van der Waals surface area contributed by atoms with Crippen molar-refractivity contribution in [2.24, 2.45) is 4.99 Å². The average Bonchev–Trinajstić information content (AvgIpc) is 2.99. The molecule has 0 amide bonds. The summed E-state index contributed by atoms with van der Waals surface area (Å²) in [4.78, 5) is 23.5. The largest absolute Gasteiger partial charge is 0.324 e. The zero-order valence-electron chi connectivity index (χ0n) is 23.6. The van der Waals surface area contributed by atoms with E-state index < -0.39 is 0 Å². The fourth-order valence-corrected chi connectivity index (χ4v) is 5.81. The van der Waals surface area contributed by atoms with Crippen LogP contribution in [-0.2, 0) is 6.42 Å². The van der Waals surface area contributed by atoms with E-state index >= 15 is 0 Å². The van der Waals surface area contributed by atoms with Crippen LogP contribution in [0.3, 0.4) is 0 Å². The maximum atomic E-state index is 5.02. The highest BCUT2D eigenvalue weighted by molar-refractivity contribution is 6.00. The number of benzene rings is 2. The van der Waals surface area contributed by atoms with Gasteiger partial charge in [0.25, 0.3) is 0 Å². The Bertz CT molecular complexity index is 1510. The summed E-state index contributed by atoms with van der Waals surface area (Å²) >= 11 is 0. The molecule has 0 saturated carbocycles. The molecule has 204 valence electrons. The molecule has 1 aliphatic carbocycles. The third-order valence-electron chi connectivity index (χ3n) is 8.20. The molecule has 1 atom stereocenters. The van der Waals surface area contributed by atoms with Gasteiger partial charge in [0.05, 0.1) is 11.4 Å². The van der Waals surface area contributed by atoms with Crippen molar-refractivity contribution in [1.29, 1.82) is 0 Å². The standard InChI is InChI=1S/C33H37N7/c1-23-9-11-28(21-31(23)38-33-35-15-13-30(37-33)27-7-5-14-34-22-27)36-24(2)25-10-12-29-26(20-25)6-4-8-32(29)40-18-16-39(3)17-19-40/h5,7,9-15,20-22,32H,4,6,8,16-19H2,1-3H3,(H,35,37,38). The molecule has 2 aromatic heterocycles. The molecule has 6 rings (SSSR count). The van der Waals surface area contributed by atoms with Crippen molar-refractivity contribution < 1.29 is 0 Å². The number of fused-ring (bicyclic) bond motifs is 1. The summed E-state index contributed by atoms with van der Waals surface area (Å²) in [5.41, 5.74) is 9.96. The number of nitrogens with zero attached hydrogens (tertiary/aromatic N) is 6. The average molecular weight is 532 g/mol. The van der Waals surface area contributed by atoms with Crippen LogP contribution < -0.4 is 5.32 Å². The highest BCUT2D eigenvalue weighted by Crippen LogP contribution is 2.35. The van der Waals surface area contributed by atoms with Crippen molar-refractivity contribution in [3.63, 3.8) is 0 Å². The highest BCUT2D eigenvalue weighted by atomic mass is 15.3. The smallest absolute Gasteiger partial charge is 0.227 e. The number of nitrogens with one attached hydrogen (secondary N) is 1. The predicted molar refractivity (Wildman–Crippen MR) is 163 cm³/mol. The predicted octanol–water partition coefficient (Wildman–Crippen LogP) is 6.36. The van der Waals surface area contributed by atoms with E-state index in [2.05, 4.69) is 82.4 Å². The zero-order valence-corrected chi connectivity index (χ0v) is 23.6. The Balaban J connectivity index is 1.21. The van der Waals surface area contributed by atoms with Gasteiger partial charge in [-0.2, -0.15) is 0 Å². The second-order valence-electron chi connectivity index (χ2n) is 11.0. The first kappa shape index (κ1) is 26.3. The van der Waals surface area contributed by atoms with E-state index in [1.165, 1.54) is 29.5 Å². The maximum Gasteiger partial charge on any atom is 0.227 e. The molecule has 0 radical (unpaired) electrons. The molecule has 3 heterocycles. The van der Waals surface area contributed by atoms with E-state index in [4.69, 9.17) is 9.98 Å². The molecular formula is C33H37N7. The molecule has 0 bridgehead atoms. The van der Waals surface area contributed by atoms with Gasteiger partial charge in [0, 0.05) is 67.8 Å². The summed E-state index contributed by atoms with van der Waals surface area (Å²) < 4.78 is 0. The van der Waals surface area contributed by atoms with Crippen LogP contribution in [0.25, 0.3) is 11.3 Å². The molecule has 2 aromatic carbocycles. The number of aromatic nitrogens is 3. The third kappa shape index (κ3) is 5.81. The number of anilines is 2. The lowest BCUT2D eigenvalue weighted by atomic mass is 9.85. The van der Waals surface area contributed by atoms with Crippen LogP contribution in [0.1, 0.15) is 48.1 Å². The van der Waals surface area contributed by atoms with Crippen LogP contribution in [0.4, 0.5) is 17.3 Å². The Morgan fingerprint density at radius 1 is 1.00 bits per heavy atom. The summed E-state index contributed by atoms with van der Waals surface area (Å²) in [5.74, 6) is 0.548. The van der Waals surface area contributed by atoms with Crippen molar-refractivity contribution >= 4 is 23.0 Å². The number of aliphatic imine (C=N–C) groups is 1. The number of piperazine rings is 1. The summed E-state index contributed by atoms with van der Waals surface area (Å²) in [6.45, 7) is 8.82. The maximum absolute atomic E-state index is 5.02. The minimum absolute atomic E-state index is 0.548. The lowest BCUT2D eigenvalue weighted by Gasteiger charge is -2.40. The second-order valence-corrected chi connectivity index (χ2v) is 11.0. The lowest BCUT2D eigenvalue weighted by molar-refractivity contribution is 0.102. The van der Waals surface area contributed by atoms with Gasteiger partial charge in [0.1, 0.15) is 0 Å². The molecule has 7 heteroatoms. The molecule has 0 spiro atoms. The fraction of sp³-hybridized carbons (Fsp3) is 0.333. The SMILES string of the molecule is CC(=Nc1ccc(C)c(Nc2nccc(-c3cccnc3)n2)c1)c1ccc2c(c1)CCCC2N1CCN(C)CC1. The molecular weight excluding hydrogens is 494 g/mol. The highest BCUT2D eigenvalue weighted by Gasteiger charge is 2.28. The van der Waals surface area contributed by atoms with Gasteiger partial charge in [-0.25, -0.2) is 9.97 Å². The van der Waals surface area contributed by atoms with E-state index in [1.807, 2.05) is 24.4 Å². The summed E-state index contributed by atoms with van der Waals surface area (Å²) in [6.07, 6.45) is 9.00. The van der Waals surface area contributed by atoms with E-state index in [1.54, 1.807) is 12.4 Å². The number of likely N-dealkylation sites (N-methyl/N-ethyl adjacent to an activating group) is 1. The Hall–Kier alpha value is -3.94. The quantitative estimate of drug-likeness (QED) is 0.292. The van der Waals surface area contributed by atoms with E-state index in [0.717, 1.165) is 66.5 Å². The van der Waals surface area contributed by atoms with Crippen molar-refractivity contribution in [3.05, 3.63) is 95.4 Å². The summed E-state index contributed by atoms with van der Waals surface area (Å²) in [7, 11) is 2.22. The monoisotopic (exact) mass is 531 g/mol. The first-order valence-corrected chi connectivity index (χ1v) is 14.3. The van der Waals surface area contributed by atoms with Gasteiger partial charge in [-0.15, -0.1) is 0 Å². The molecule has 1 N–H and O–H groups in total. The molecule has 2 aliphatic rings. The van der Waals surface area contributed by atoms with Gasteiger partial charge in [-0.3, -0.25) is 14.9 Å². The topological polar surface area (TPSA) is 69.5 Å². The molecule has 1 unspecified atom stereocenters. The van der Waals surface area contributed by atoms with Gasteiger partial charge in [-0.05, 0) is 98.8 Å². The molecule has 1 aliphatic heterocycles. The zero-order chi connectivity index (χ0) is 27.5. The minimum atomic E-state index is 0.548. The first-order valence-electron chi connectivity index (χ1n) is 14.3. The molecule has 1 fully saturated rings. The van der Waals surface area contributed by atoms with Gasteiger partial charge >= 0.3 is 0 Å². The number of hydrogen-bond acceptors (Lipinski definition) is 7. The van der Waals surface area contributed by atoms with Crippen molar-refractivity contribution in [2.75, 3.05) is 38.5 Å². The Kier molecular flexibility index (Phi) is 7.66. The molecule has 7 nitrogen and oxygen atoms in total. The number of pyridine rings is 1. The number of rotatable bonds is 6. The van der Waals surface area contributed by atoms with E-state index in [9.17, 15) is 0 Å². The van der Waals surface area contributed by atoms with Crippen molar-refractivity contribution in [3.8, 4) is 11.3 Å². The van der Waals surface area contributed by atoms with Crippen LogP contribution in [0.15, 0.2) is 78.2 Å². The fourth-order valence-electron chi connectivity index (χ4n) is 5.81. The van der Waals surface area contributed by atoms with Crippen LogP contribution in [0.2, 0.25) is 0 Å². The van der Waals surface area contributed by atoms with Crippen molar-refractivity contribution in [1.82, 2.24) is 24.8 Å². The minimum Gasteiger partial charge on any atom is -0.324 e. The van der Waals surface area contributed by atoms with Crippen molar-refractivity contribution in [2.45, 2.75) is 39.2 Å². The Labute approximate surface area is 237 Å². The van der Waals surface area contributed by atoms with Crippen LogP contribution >= 0.6 is 0 Å². The van der Waals surface area contributed by atoms with Crippen LogP contribution in [0, 0.1) is 6.92 Å². The van der Waals surface area contributed by atoms with E-state index in [-0.39, 0.29) is 0 Å². The molecule has 40 heavy (non-hydrogen) atoms. The summed E-state index contributed by atoms with van der Waals surface area (Å²) in [6, 6.07) is 19.6. The van der Waals surface area contributed by atoms with Crippen LogP contribution in [-0.4, -0.2) is 63.7 Å². The summed E-state index contributed by atoms with van der Waals surface area (Å²) in [5, 5.41) is 3.40. The van der Waals surface area contributed by atoms with Gasteiger partial charge < -0.3 is 10.2 Å². The number of aryl methyl sites for hydroxylation is 2. The van der Waals surface area contributed by atoms with E-state index in [0.29, 0.717) is 12.0 Å². The number of hydrogen-bond donors (Lipinski definition) is 1. The molecule has 1 saturated heterocycles.